The zero-order valence-corrected chi connectivity index (χ0v) is 18.3. The standard InChI is InChI=1S/C25H27N7/c1-18(21-10-6-7-19(17-21)11-14-26)29-25-28-16-13-23(31-25)32(2)22-12-15-27-24(30-22)20-8-4-3-5-9-20/h3-10,12-13,15-18H,11,14,26H2,1-2H3,(H,28,29,31)/t18-/m0/s1. The van der Waals surface area contributed by atoms with Gasteiger partial charge < -0.3 is 16.0 Å². The first-order chi connectivity index (χ1) is 15.6. The van der Waals surface area contributed by atoms with E-state index in [4.69, 9.17) is 15.7 Å². The number of hydrogen-bond donors (Lipinski definition) is 2. The van der Waals surface area contributed by atoms with Crippen LogP contribution in [0.5, 0.6) is 0 Å². The fourth-order valence-corrected chi connectivity index (χ4v) is 3.45. The molecule has 0 aliphatic heterocycles. The molecule has 4 aromatic rings. The van der Waals surface area contributed by atoms with Crippen LogP contribution in [-0.4, -0.2) is 33.5 Å². The molecule has 0 saturated carbocycles. The molecule has 1 atom stereocenters. The van der Waals surface area contributed by atoms with Crippen molar-refractivity contribution in [1.29, 1.82) is 0 Å². The zero-order chi connectivity index (χ0) is 22.3. The van der Waals surface area contributed by atoms with Crippen LogP contribution in [0.15, 0.2) is 79.1 Å². The third-order valence-electron chi connectivity index (χ3n) is 5.23. The second-order valence-corrected chi connectivity index (χ2v) is 7.55. The van der Waals surface area contributed by atoms with Gasteiger partial charge in [-0.05, 0) is 43.1 Å². The molecule has 0 unspecified atom stereocenters. The van der Waals surface area contributed by atoms with Crippen LogP contribution in [0.25, 0.3) is 11.4 Å². The van der Waals surface area contributed by atoms with Crippen LogP contribution in [0, 0.1) is 0 Å². The van der Waals surface area contributed by atoms with Gasteiger partial charge in [0.2, 0.25) is 5.95 Å². The van der Waals surface area contributed by atoms with Crippen molar-refractivity contribution in [3.8, 4) is 11.4 Å². The third-order valence-corrected chi connectivity index (χ3v) is 5.23. The van der Waals surface area contributed by atoms with Gasteiger partial charge in [-0.2, -0.15) is 4.98 Å². The van der Waals surface area contributed by atoms with Crippen LogP contribution < -0.4 is 16.0 Å². The van der Waals surface area contributed by atoms with Gasteiger partial charge in [-0.15, -0.1) is 0 Å². The van der Waals surface area contributed by atoms with E-state index in [1.807, 2.05) is 54.4 Å². The Bertz CT molecular complexity index is 1160. The minimum atomic E-state index is 0.0528. The molecule has 0 amide bonds. The van der Waals surface area contributed by atoms with E-state index in [-0.39, 0.29) is 6.04 Å². The highest BCUT2D eigenvalue weighted by Gasteiger charge is 2.12. The molecule has 2 aromatic heterocycles. The molecule has 3 N–H and O–H groups in total. The number of anilines is 3. The lowest BCUT2D eigenvalue weighted by Gasteiger charge is -2.19. The Morgan fingerprint density at radius 3 is 2.44 bits per heavy atom. The molecule has 7 heteroatoms. The monoisotopic (exact) mass is 425 g/mol. The van der Waals surface area contributed by atoms with Crippen molar-refractivity contribution < 1.29 is 0 Å². The topological polar surface area (TPSA) is 92.9 Å². The number of benzene rings is 2. The fraction of sp³-hybridized carbons (Fsp3) is 0.200. The van der Waals surface area contributed by atoms with Crippen LogP contribution in [-0.2, 0) is 6.42 Å². The zero-order valence-electron chi connectivity index (χ0n) is 18.3. The molecule has 4 rings (SSSR count). The number of hydrogen-bond acceptors (Lipinski definition) is 7. The predicted molar refractivity (Wildman–Crippen MR) is 129 cm³/mol. The maximum absolute atomic E-state index is 5.70. The van der Waals surface area contributed by atoms with Crippen LogP contribution in [0.4, 0.5) is 17.6 Å². The smallest absolute Gasteiger partial charge is 0.225 e. The van der Waals surface area contributed by atoms with E-state index in [0.29, 0.717) is 18.3 Å². The van der Waals surface area contributed by atoms with Crippen molar-refractivity contribution >= 4 is 17.6 Å². The molecule has 162 valence electrons. The lowest BCUT2D eigenvalue weighted by Crippen LogP contribution is -2.16. The summed E-state index contributed by atoms with van der Waals surface area (Å²) in [6.45, 7) is 2.73. The van der Waals surface area contributed by atoms with Gasteiger partial charge in [-0.25, -0.2) is 15.0 Å². The maximum Gasteiger partial charge on any atom is 0.225 e. The molecule has 0 aliphatic rings. The van der Waals surface area contributed by atoms with Crippen LogP contribution in [0.1, 0.15) is 24.1 Å². The first kappa shape index (κ1) is 21.4. The van der Waals surface area contributed by atoms with Crippen molar-refractivity contribution in [3.63, 3.8) is 0 Å². The Morgan fingerprint density at radius 2 is 1.66 bits per heavy atom. The van der Waals surface area contributed by atoms with Crippen molar-refractivity contribution in [3.05, 3.63) is 90.3 Å². The average Bonchev–Trinajstić information content (AvgIpc) is 2.85. The molecule has 0 aliphatic carbocycles. The van der Waals surface area contributed by atoms with Gasteiger partial charge in [0.05, 0.1) is 6.04 Å². The molecule has 0 radical (unpaired) electrons. The highest BCUT2D eigenvalue weighted by molar-refractivity contribution is 5.61. The van der Waals surface area contributed by atoms with Crippen molar-refractivity contribution in [2.45, 2.75) is 19.4 Å². The van der Waals surface area contributed by atoms with Gasteiger partial charge in [0, 0.05) is 25.0 Å². The van der Waals surface area contributed by atoms with E-state index in [1.54, 1.807) is 12.4 Å². The average molecular weight is 426 g/mol. The highest BCUT2D eigenvalue weighted by Crippen LogP contribution is 2.24. The molecule has 0 bridgehead atoms. The first-order valence-corrected chi connectivity index (χ1v) is 10.6. The summed E-state index contributed by atoms with van der Waals surface area (Å²) in [4.78, 5) is 20.1. The molecule has 2 heterocycles. The summed E-state index contributed by atoms with van der Waals surface area (Å²) in [6, 6.07) is 22.1. The lowest BCUT2D eigenvalue weighted by atomic mass is 10.0. The van der Waals surface area contributed by atoms with Gasteiger partial charge in [0.25, 0.3) is 0 Å². The van der Waals surface area contributed by atoms with E-state index in [1.165, 1.54) is 11.1 Å². The normalized spacial score (nSPS) is 11.7. The Kier molecular flexibility index (Phi) is 6.67. The number of nitrogens with one attached hydrogen (secondary N) is 1. The fourth-order valence-electron chi connectivity index (χ4n) is 3.45. The predicted octanol–water partition coefficient (Wildman–Crippen LogP) is 4.38. The molecule has 7 nitrogen and oxygen atoms in total. The Labute approximate surface area is 188 Å². The quantitative estimate of drug-likeness (QED) is 0.433. The number of aromatic nitrogens is 4. The van der Waals surface area contributed by atoms with E-state index < -0.39 is 0 Å². The van der Waals surface area contributed by atoms with Gasteiger partial charge in [-0.3, -0.25) is 0 Å². The molecule has 0 fully saturated rings. The van der Waals surface area contributed by atoms with E-state index in [2.05, 4.69) is 46.5 Å². The molecule has 32 heavy (non-hydrogen) atoms. The van der Waals surface area contributed by atoms with Crippen molar-refractivity contribution in [2.75, 3.05) is 23.8 Å². The SMILES string of the molecule is C[C@H](Nc1nccc(N(C)c2ccnc(-c3ccccc3)n2)n1)c1cccc(CCN)c1. The summed E-state index contributed by atoms with van der Waals surface area (Å²) in [5, 5.41) is 3.40. The van der Waals surface area contributed by atoms with E-state index in [0.717, 1.165) is 23.6 Å². The first-order valence-electron chi connectivity index (χ1n) is 10.6. The number of nitrogens with two attached hydrogens (primary N) is 1. The van der Waals surface area contributed by atoms with Gasteiger partial charge in [0.1, 0.15) is 11.6 Å². The van der Waals surface area contributed by atoms with Crippen LogP contribution in [0.2, 0.25) is 0 Å². The summed E-state index contributed by atoms with van der Waals surface area (Å²) in [7, 11) is 1.93. The highest BCUT2D eigenvalue weighted by atomic mass is 15.3. The Morgan fingerprint density at radius 1 is 0.906 bits per heavy atom. The van der Waals surface area contributed by atoms with Gasteiger partial charge in [0.15, 0.2) is 5.82 Å². The molecule has 0 spiro atoms. The summed E-state index contributed by atoms with van der Waals surface area (Å²) >= 11 is 0. The van der Waals surface area contributed by atoms with Crippen LogP contribution >= 0.6 is 0 Å². The third kappa shape index (κ3) is 5.07. The number of nitrogens with zero attached hydrogens (tertiary/aromatic N) is 5. The lowest BCUT2D eigenvalue weighted by molar-refractivity contribution is 0.852. The van der Waals surface area contributed by atoms with E-state index >= 15 is 0 Å². The minimum Gasteiger partial charge on any atom is -0.348 e. The van der Waals surface area contributed by atoms with E-state index in [9.17, 15) is 0 Å². The molecule has 2 aromatic carbocycles. The summed E-state index contributed by atoms with van der Waals surface area (Å²) < 4.78 is 0. The second kappa shape index (κ2) is 9.98. The maximum atomic E-state index is 5.70. The minimum absolute atomic E-state index is 0.0528. The summed E-state index contributed by atoms with van der Waals surface area (Å²) in [5.74, 6) is 2.73. The molecule has 0 saturated heterocycles. The Balaban J connectivity index is 1.52. The number of rotatable bonds is 8. The van der Waals surface area contributed by atoms with Crippen molar-refractivity contribution in [2.24, 2.45) is 5.73 Å². The van der Waals surface area contributed by atoms with Crippen molar-refractivity contribution in [1.82, 2.24) is 19.9 Å². The van der Waals surface area contributed by atoms with Gasteiger partial charge in [-0.1, -0.05) is 54.6 Å². The summed E-state index contributed by atoms with van der Waals surface area (Å²) in [5.41, 5.74) is 9.06. The molecular weight excluding hydrogens is 398 g/mol. The second-order valence-electron chi connectivity index (χ2n) is 7.55. The van der Waals surface area contributed by atoms with Gasteiger partial charge >= 0.3 is 0 Å². The Hall–Kier alpha value is -3.84. The van der Waals surface area contributed by atoms with Crippen LogP contribution in [0.3, 0.4) is 0 Å². The summed E-state index contributed by atoms with van der Waals surface area (Å²) in [6.07, 6.45) is 4.37. The molecular formula is C25H27N7. The largest absolute Gasteiger partial charge is 0.348 e.